The van der Waals surface area contributed by atoms with Crippen LogP contribution in [0.15, 0.2) is 24.3 Å². The van der Waals surface area contributed by atoms with Crippen molar-refractivity contribution >= 4 is 11.8 Å². The molecule has 0 unspecified atom stereocenters. The molecule has 2 heterocycles. The average Bonchev–Trinajstić information content (AvgIpc) is 3.02. The SMILES string of the molecule is Cc1ccc(NC(=O)O[C@H]2[C@H]3OC(C)(C)O[C@H]3O[C@@H]2[C@H](O)CO)cc1. The van der Waals surface area contributed by atoms with Crippen LogP contribution in [0.2, 0.25) is 0 Å². The quantitative estimate of drug-likeness (QED) is 0.745. The van der Waals surface area contributed by atoms with Gasteiger partial charge in [0, 0.05) is 5.69 Å². The number of aliphatic hydroxyl groups excluding tert-OH is 2. The van der Waals surface area contributed by atoms with Crippen molar-refractivity contribution in [2.75, 3.05) is 11.9 Å². The molecule has 0 spiro atoms. The number of aliphatic hydroxyl groups is 2. The van der Waals surface area contributed by atoms with Crippen LogP contribution < -0.4 is 5.32 Å². The molecular formula is C17H23NO7. The Bertz CT molecular complexity index is 618. The summed E-state index contributed by atoms with van der Waals surface area (Å²) in [4.78, 5) is 12.2. The first-order valence-electron chi connectivity index (χ1n) is 8.13. The molecule has 8 nitrogen and oxygen atoms in total. The number of hydrogen-bond donors (Lipinski definition) is 3. The molecule has 1 aromatic rings. The normalized spacial score (nSPS) is 31.4. The predicted molar refractivity (Wildman–Crippen MR) is 86.9 cm³/mol. The predicted octanol–water partition coefficient (Wildman–Crippen LogP) is 1.14. The van der Waals surface area contributed by atoms with Crippen LogP contribution >= 0.6 is 0 Å². The Balaban J connectivity index is 1.70. The number of carbonyl (C=O) groups is 1. The Labute approximate surface area is 145 Å². The Morgan fingerprint density at radius 1 is 1.32 bits per heavy atom. The highest BCUT2D eigenvalue weighted by Crippen LogP contribution is 2.39. The summed E-state index contributed by atoms with van der Waals surface area (Å²) in [5, 5.41) is 21.8. The van der Waals surface area contributed by atoms with E-state index >= 15 is 0 Å². The van der Waals surface area contributed by atoms with E-state index in [1.165, 1.54) is 0 Å². The van der Waals surface area contributed by atoms with Crippen molar-refractivity contribution in [3.63, 3.8) is 0 Å². The monoisotopic (exact) mass is 353 g/mol. The molecule has 25 heavy (non-hydrogen) atoms. The minimum absolute atomic E-state index is 0.535. The van der Waals surface area contributed by atoms with E-state index in [2.05, 4.69) is 5.32 Å². The number of fused-ring (bicyclic) bond motifs is 1. The number of anilines is 1. The van der Waals surface area contributed by atoms with Crippen molar-refractivity contribution in [2.45, 2.75) is 57.3 Å². The summed E-state index contributed by atoms with van der Waals surface area (Å²) in [7, 11) is 0. The molecule has 0 saturated carbocycles. The fourth-order valence-corrected chi connectivity index (χ4v) is 2.96. The topological polar surface area (TPSA) is 106 Å². The van der Waals surface area contributed by atoms with E-state index in [1.807, 2.05) is 19.1 Å². The number of hydrogen-bond acceptors (Lipinski definition) is 7. The minimum atomic E-state index is -1.22. The molecule has 8 heteroatoms. The lowest BCUT2D eigenvalue weighted by Crippen LogP contribution is -2.45. The first-order valence-corrected chi connectivity index (χ1v) is 8.13. The van der Waals surface area contributed by atoms with Gasteiger partial charge in [-0.1, -0.05) is 17.7 Å². The molecule has 2 saturated heterocycles. The van der Waals surface area contributed by atoms with Crippen molar-refractivity contribution in [2.24, 2.45) is 0 Å². The highest BCUT2D eigenvalue weighted by atomic mass is 16.8. The molecule has 1 amide bonds. The van der Waals surface area contributed by atoms with Crippen LogP contribution in [0.1, 0.15) is 19.4 Å². The van der Waals surface area contributed by atoms with E-state index in [0.717, 1.165) is 5.56 Å². The molecule has 0 bridgehead atoms. The van der Waals surface area contributed by atoms with Crippen LogP contribution in [0.4, 0.5) is 10.5 Å². The zero-order valence-electron chi connectivity index (χ0n) is 14.3. The van der Waals surface area contributed by atoms with Crippen molar-refractivity contribution in [3.8, 4) is 0 Å². The first kappa shape index (κ1) is 18.1. The van der Waals surface area contributed by atoms with E-state index < -0.39 is 49.2 Å². The second kappa shape index (κ2) is 6.89. The Morgan fingerprint density at radius 3 is 2.64 bits per heavy atom. The smallest absolute Gasteiger partial charge is 0.412 e. The van der Waals surface area contributed by atoms with Gasteiger partial charge in [-0.3, -0.25) is 5.32 Å². The molecule has 1 aromatic carbocycles. The van der Waals surface area contributed by atoms with E-state index in [9.17, 15) is 15.0 Å². The van der Waals surface area contributed by atoms with E-state index in [4.69, 9.17) is 18.9 Å². The van der Waals surface area contributed by atoms with Crippen LogP contribution in [0.5, 0.6) is 0 Å². The maximum absolute atomic E-state index is 12.2. The first-order chi connectivity index (χ1) is 11.8. The molecular weight excluding hydrogens is 330 g/mol. The van der Waals surface area contributed by atoms with Crippen LogP contribution in [0.3, 0.4) is 0 Å². The largest absolute Gasteiger partial charge is 0.440 e. The standard InChI is InChI=1S/C17H23NO7/c1-9-4-6-10(7-5-9)18-16(21)23-13-12(11(20)8-19)22-15-14(13)24-17(2,3)25-15/h4-7,11-15,19-20H,8H2,1-3H3,(H,18,21)/t11-,12-,13-,14-,15-/m1/s1. The zero-order chi connectivity index (χ0) is 18.2. The fourth-order valence-electron chi connectivity index (χ4n) is 2.96. The highest BCUT2D eigenvalue weighted by Gasteiger charge is 2.58. The molecule has 138 valence electrons. The van der Waals surface area contributed by atoms with Crippen molar-refractivity contribution in [3.05, 3.63) is 29.8 Å². The third-order valence-corrected chi connectivity index (χ3v) is 4.13. The molecule has 0 radical (unpaired) electrons. The molecule has 2 aliphatic rings. The number of carbonyl (C=O) groups excluding carboxylic acids is 1. The van der Waals surface area contributed by atoms with Crippen molar-refractivity contribution in [1.29, 1.82) is 0 Å². The van der Waals surface area contributed by atoms with E-state index in [0.29, 0.717) is 5.69 Å². The zero-order valence-corrected chi connectivity index (χ0v) is 14.3. The molecule has 3 N–H and O–H groups in total. The van der Waals surface area contributed by atoms with Gasteiger partial charge in [0.15, 0.2) is 24.3 Å². The molecule has 0 aliphatic carbocycles. The van der Waals surface area contributed by atoms with Crippen LogP contribution in [0.25, 0.3) is 0 Å². The third-order valence-electron chi connectivity index (χ3n) is 4.13. The molecule has 5 atom stereocenters. The average molecular weight is 353 g/mol. The fraction of sp³-hybridized carbons (Fsp3) is 0.588. The van der Waals surface area contributed by atoms with Gasteiger partial charge in [0.05, 0.1) is 6.61 Å². The minimum Gasteiger partial charge on any atom is -0.440 e. The van der Waals surface area contributed by atoms with Crippen molar-refractivity contribution in [1.82, 2.24) is 0 Å². The van der Waals surface area contributed by atoms with Gasteiger partial charge in [0.25, 0.3) is 0 Å². The number of nitrogens with one attached hydrogen (secondary N) is 1. The maximum Gasteiger partial charge on any atom is 0.412 e. The lowest BCUT2D eigenvalue weighted by molar-refractivity contribution is -0.227. The van der Waals surface area contributed by atoms with Gasteiger partial charge in [-0.15, -0.1) is 0 Å². The number of amides is 1. The Morgan fingerprint density at radius 2 is 2.00 bits per heavy atom. The van der Waals surface area contributed by atoms with E-state index in [1.54, 1.807) is 26.0 Å². The van der Waals surface area contributed by atoms with E-state index in [-0.39, 0.29) is 0 Å². The highest BCUT2D eigenvalue weighted by molar-refractivity contribution is 5.84. The Kier molecular flexibility index (Phi) is 4.99. The van der Waals surface area contributed by atoms with Gasteiger partial charge >= 0.3 is 6.09 Å². The number of benzene rings is 1. The number of aryl methyl sites for hydroxylation is 1. The second-order valence-electron chi connectivity index (χ2n) is 6.68. The summed E-state index contributed by atoms with van der Waals surface area (Å²) >= 11 is 0. The Hall–Kier alpha value is -1.71. The van der Waals surface area contributed by atoms with Crippen LogP contribution in [-0.4, -0.2) is 59.4 Å². The molecule has 0 aromatic heterocycles. The summed E-state index contributed by atoms with van der Waals surface area (Å²) in [6, 6.07) is 7.23. The summed E-state index contributed by atoms with van der Waals surface area (Å²) in [6.07, 6.45) is -5.26. The number of ether oxygens (including phenoxy) is 4. The van der Waals surface area contributed by atoms with Crippen molar-refractivity contribution < 1.29 is 34.0 Å². The van der Waals surface area contributed by atoms with Gasteiger partial charge in [0.2, 0.25) is 0 Å². The van der Waals surface area contributed by atoms with Gasteiger partial charge in [-0.05, 0) is 32.9 Å². The molecule has 2 aliphatic heterocycles. The summed E-state index contributed by atoms with van der Waals surface area (Å²) in [6.45, 7) is 4.84. The summed E-state index contributed by atoms with van der Waals surface area (Å²) in [5.41, 5.74) is 1.64. The van der Waals surface area contributed by atoms with Crippen LogP contribution in [0, 0.1) is 6.92 Å². The second-order valence-corrected chi connectivity index (χ2v) is 6.68. The van der Waals surface area contributed by atoms with Crippen LogP contribution in [-0.2, 0) is 18.9 Å². The van der Waals surface area contributed by atoms with Gasteiger partial charge in [-0.25, -0.2) is 4.79 Å². The van der Waals surface area contributed by atoms with Gasteiger partial charge in [0.1, 0.15) is 12.2 Å². The maximum atomic E-state index is 12.2. The molecule has 2 fully saturated rings. The van der Waals surface area contributed by atoms with Gasteiger partial charge < -0.3 is 29.2 Å². The number of rotatable bonds is 4. The third kappa shape index (κ3) is 3.94. The summed E-state index contributed by atoms with van der Waals surface area (Å²) in [5.74, 6) is -0.889. The van der Waals surface area contributed by atoms with Gasteiger partial charge in [-0.2, -0.15) is 0 Å². The lowest BCUT2D eigenvalue weighted by Gasteiger charge is -2.27. The lowest BCUT2D eigenvalue weighted by atomic mass is 10.1. The summed E-state index contributed by atoms with van der Waals surface area (Å²) < 4.78 is 22.4. The molecule has 3 rings (SSSR count).